The maximum Gasteiger partial charge on any atom is 0.257 e. The van der Waals surface area contributed by atoms with E-state index in [2.05, 4.69) is 33.9 Å². The second-order valence-electron chi connectivity index (χ2n) is 7.35. The smallest absolute Gasteiger partial charge is 0.257 e. The van der Waals surface area contributed by atoms with E-state index in [1.54, 1.807) is 13.8 Å². The molecule has 5 heteroatoms. The largest absolute Gasteiger partial charge is 0.378 e. The van der Waals surface area contributed by atoms with Gasteiger partial charge in [0.25, 0.3) is 5.89 Å². The van der Waals surface area contributed by atoms with Crippen molar-refractivity contribution in [1.82, 2.24) is 15.0 Å². The van der Waals surface area contributed by atoms with Crippen molar-refractivity contribution in [3.63, 3.8) is 0 Å². The van der Waals surface area contributed by atoms with Crippen LogP contribution in [-0.2, 0) is 6.42 Å². The Morgan fingerprint density at radius 2 is 1.92 bits per heavy atom. The van der Waals surface area contributed by atoms with Crippen LogP contribution >= 0.6 is 0 Å². The van der Waals surface area contributed by atoms with Crippen LogP contribution in [0.4, 0.5) is 0 Å². The zero-order chi connectivity index (χ0) is 17.9. The Balaban J connectivity index is 1.64. The van der Waals surface area contributed by atoms with Crippen molar-refractivity contribution >= 4 is 0 Å². The maximum absolute atomic E-state index is 9.65. The topological polar surface area (TPSA) is 62.4 Å². The van der Waals surface area contributed by atoms with Gasteiger partial charge in [-0.25, -0.2) is 0 Å². The molecule has 25 heavy (non-hydrogen) atoms. The summed E-state index contributed by atoms with van der Waals surface area (Å²) in [6.07, 6.45) is 3.26. The third-order valence-electron chi connectivity index (χ3n) is 4.42. The fourth-order valence-electron chi connectivity index (χ4n) is 2.90. The normalized spacial score (nSPS) is 16.5. The molecule has 0 radical (unpaired) electrons. The molecular weight excluding hydrogens is 314 g/mol. The predicted molar refractivity (Wildman–Crippen MR) is 96.8 cm³/mol. The van der Waals surface area contributed by atoms with Crippen LogP contribution in [0.25, 0.3) is 11.5 Å². The molecular formula is C20H25N3O2. The van der Waals surface area contributed by atoms with E-state index < -0.39 is 5.60 Å². The van der Waals surface area contributed by atoms with Gasteiger partial charge >= 0.3 is 0 Å². The Labute approximate surface area is 149 Å². The summed E-state index contributed by atoms with van der Waals surface area (Å²) in [5, 5.41) is 13.8. The van der Waals surface area contributed by atoms with Gasteiger partial charge in [0.05, 0.1) is 0 Å². The van der Waals surface area contributed by atoms with Gasteiger partial charge in [0.15, 0.2) is 5.82 Å². The van der Waals surface area contributed by atoms with E-state index in [1.165, 1.54) is 12.8 Å². The number of likely N-dealkylation sites (tertiary alicyclic amines) is 1. The molecule has 1 aliphatic heterocycles. The minimum absolute atomic E-state index is 0.546. The van der Waals surface area contributed by atoms with Gasteiger partial charge in [0.2, 0.25) is 0 Å². The first kappa shape index (κ1) is 17.7. The zero-order valence-electron chi connectivity index (χ0n) is 15.1. The quantitative estimate of drug-likeness (QED) is 0.871. The lowest BCUT2D eigenvalue weighted by atomic mass is 9.94. The maximum atomic E-state index is 9.65. The summed E-state index contributed by atoms with van der Waals surface area (Å²) in [6, 6.07) is 7.63. The molecule has 1 N–H and O–H groups in total. The lowest BCUT2D eigenvalue weighted by Crippen LogP contribution is -2.31. The molecule has 1 aliphatic rings. The first-order valence-electron chi connectivity index (χ1n) is 8.76. The predicted octanol–water partition coefficient (Wildman–Crippen LogP) is 2.74. The van der Waals surface area contributed by atoms with Crippen LogP contribution in [0.3, 0.4) is 0 Å². The SMILES string of the molecule is CN1CCC(Cc2noc(-c3ccc(C#CC(C)(C)O)cc3)n2)CC1. The molecule has 1 saturated heterocycles. The van der Waals surface area contributed by atoms with E-state index in [4.69, 9.17) is 4.52 Å². The van der Waals surface area contributed by atoms with Gasteiger partial charge in [-0.2, -0.15) is 4.98 Å². The molecule has 1 fully saturated rings. The van der Waals surface area contributed by atoms with Gasteiger partial charge in [0.1, 0.15) is 5.60 Å². The number of benzene rings is 1. The van der Waals surface area contributed by atoms with Crippen LogP contribution in [-0.4, -0.2) is 45.9 Å². The van der Waals surface area contributed by atoms with Crippen molar-refractivity contribution < 1.29 is 9.63 Å². The van der Waals surface area contributed by atoms with Crippen molar-refractivity contribution in [2.45, 2.75) is 38.7 Å². The van der Waals surface area contributed by atoms with Gasteiger partial charge in [-0.15, -0.1) is 0 Å². The van der Waals surface area contributed by atoms with E-state index in [1.807, 2.05) is 24.3 Å². The Kier molecular flexibility index (Phi) is 5.22. The Morgan fingerprint density at radius 3 is 2.56 bits per heavy atom. The number of aliphatic hydroxyl groups is 1. The van der Waals surface area contributed by atoms with Crippen molar-refractivity contribution in [2.75, 3.05) is 20.1 Å². The minimum atomic E-state index is -0.992. The van der Waals surface area contributed by atoms with Gasteiger partial charge in [-0.1, -0.05) is 17.0 Å². The first-order valence-corrected chi connectivity index (χ1v) is 8.76. The van der Waals surface area contributed by atoms with E-state index in [-0.39, 0.29) is 0 Å². The first-order chi connectivity index (χ1) is 11.9. The average Bonchev–Trinajstić information content (AvgIpc) is 3.03. The number of hydrogen-bond donors (Lipinski definition) is 1. The number of nitrogens with zero attached hydrogens (tertiary/aromatic N) is 3. The lowest BCUT2D eigenvalue weighted by molar-refractivity contribution is 0.143. The van der Waals surface area contributed by atoms with E-state index in [0.717, 1.165) is 36.5 Å². The summed E-state index contributed by atoms with van der Waals surface area (Å²) in [6.45, 7) is 5.61. The summed E-state index contributed by atoms with van der Waals surface area (Å²) >= 11 is 0. The van der Waals surface area contributed by atoms with Gasteiger partial charge in [0, 0.05) is 17.5 Å². The summed E-state index contributed by atoms with van der Waals surface area (Å²) < 4.78 is 5.42. The highest BCUT2D eigenvalue weighted by Gasteiger charge is 2.19. The summed E-state index contributed by atoms with van der Waals surface area (Å²) in [7, 11) is 2.16. The number of piperidine rings is 1. The van der Waals surface area contributed by atoms with Gasteiger partial charge in [-0.05, 0) is 77.0 Å². The van der Waals surface area contributed by atoms with Crippen molar-refractivity contribution in [3.05, 3.63) is 35.7 Å². The van der Waals surface area contributed by atoms with Gasteiger partial charge in [-0.3, -0.25) is 0 Å². The van der Waals surface area contributed by atoms with Crippen molar-refractivity contribution in [3.8, 4) is 23.3 Å². The van der Waals surface area contributed by atoms with Crippen LogP contribution in [0.5, 0.6) is 0 Å². The average molecular weight is 339 g/mol. The summed E-state index contributed by atoms with van der Waals surface area (Å²) in [5.74, 6) is 7.73. The molecule has 5 nitrogen and oxygen atoms in total. The molecule has 0 atom stereocenters. The number of hydrogen-bond acceptors (Lipinski definition) is 5. The second kappa shape index (κ2) is 7.38. The van der Waals surface area contributed by atoms with Crippen molar-refractivity contribution in [2.24, 2.45) is 5.92 Å². The highest BCUT2D eigenvalue weighted by atomic mass is 16.5. The molecule has 3 rings (SSSR count). The van der Waals surface area contributed by atoms with Crippen LogP contribution < -0.4 is 0 Å². The standard InChI is InChI=1S/C20H25N3O2/c1-20(2,24)11-8-15-4-6-17(7-5-15)19-21-18(22-25-19)14-16-9-12-23(3)13-10-16/h4-7,16,24H,9-10,12-14H2,1-3H3. The Hall–Kier alpha value is -2.16. The van der Waals surface area contributed by atoms with E-state index >= 15 is 0 Å². The molecule has 2 heterocycles. The molecule has 0 spiro atoms. The summed E-state index contributed by atoms with van der Waals surface area (Å²) in [4.78, 5) is 6.90. The second-order valence-corrected chi connectivity index (χ2v) is 7.35. The Morgan fingerprint density at radius 1 is 1.24 bits per heavy atom. The lowest BCUT2D eigenvalue weighted by Gasteiger charge is -2.27. The molecule has 0 unspecified atom stereocenters. The fraction of sp³-hybridized carbons (Fsp3) is 0.500. The third-order valence-corrected chi connectivity index (χ3v) is 4.42. The highest BCUT2D eigenvalue weighted by molar-refractivity contribution is 5.55. The van der Waals surface area contributed by atoms with Crippen LogP contribution in [0, 0.1) is 17.8 Å². The fourth-order valence-corrected chi connectivity index (χ4v) is 2.90. The Bertz CT molecular complexity index is 755. The van der Waals surface area contributed by atoms with Gasteiger partial charge < -0.3 is 14.5 Å². The van der Waals surface area contributed by atoms with Crippen molar-refractivity contribution in [1.29, 1.82) is 0 Å². The van der Waals surface area contributed by atoms with Crippen LogP contribution in [0.1, 0.15) is 38.1 Å². The molecule has 2 aromatic rings. The highest BCUT2D eigenvalue weighted by Crippen LogP contribution is 2.22. The molecule has 0 bridgehead atoms. The van der Waals surface area contributed by atoms with Crippen LogP contribution in [0.2, 0.25) is 0 Å². The number of aromatic nitrogens is 2. The zero-order valence-corrected chi connectivity index (χ0v) is 15.1. The monoisotopic (exact) mass is 339 g/mol. The molecule has 1 aromatic heterocycles. The molecule has 1 aromatic carbocycles. The van der Waals surface area contributed by atoms with E-state index in [9.17, 15) is 5.11 Å². The summed E-state index contributed by atoms with van der Waals surface area (Å²) in [5.41, 5.74) is 0.737. The van der Waals surface area contributed by atoms with Crippen LogP contribution in [0.15, 0.2) is 28.8 Å². The third kappa shape index (κ3) is 5.15. The minimum Gasteiger partial charge on any atom is -0.378 e. The number of rotatable bonds is 3. The molecule has 0 amide bonds. The van der Waals surface area contributed by atoms with E-state index in [0.29, 0.717) is 11.8 Å². The molecule has 132 valence electrons. The molecule has 0 saturated carbocycles. The molecule has 0 aliphatic carbocycles.